The molecule has 0 spiro atoms. The number of nitrogens with zero attached hydrogens (tertiary/aromatic N) is 2. The van der Waals surface area contributed by atoms with Crippen molar-refractivity contribution in [3.05, 3.63) is 57.3 Å². The Hall–Kier alpha value is -1.96. The van der Waals surface area contributed by atoms with Gasteiger partial charge in [-0.15, -0.1) is 0 Å². The van der Waals surface area contributed by atoms with Gasteiger partial charge >= 0.3 is 0 Å². The van der Waals surface area contributed by atoms with Crippen LogP contribution in [0, 0.1) is 0 Å². The number of hydrogen-bond acceptors (Lipinski definition) is 4. The van der Waals surface area contributed by atoms with E-state index in [1.807, 2.05) is 0 Å². The number of nitrogens with one attached hydrogen (secondary N) is 1. The lowest BCUT2D eigenvalue weighted by Crippen LogP contribution is -2.40. The monoisotopic (exact) mass is 423 g/mol. The quantitative estimate of drug-likeness (QED) is 0.821. The van der Waals surface area contributed by atoms with Crippen molar-refractivity contribution >= 4 is 45.0 Å². The van der Waals surface area contributed by atoms with E-state index in [1.165, 1.54) is 6.20 Å². The predicted molar refractivity (Wildman–Crippen MR) is 98.1 cm³/mol. The molecule has 1 fully saturated rings. The number of ether oxygens (including phenoxy) is 1. The average molecular weight is 425 g/mol. The van der Waals surface area contributed by atoms with Crippen LogP contribution in [0.5, 0.6) is 0 Å². The van der Waals surface area contributed by atoms with Gasteiger partial charge in [0.2, 0.25) is 0 Å². The molecule has 2 amide bonds. The summed E-state index contributed by atoms with van der Waals surface area (Å²) < 4.78 is 5.95. The molecule has 2 aromatic rings. The second kappa shape index (κ2) is 7.95. The van der Waals surface area contributed by atoms with Crippen LogP contribution in [0.1, 0.15) is 20.7 Å². The summed E-state index contributed by atoms with van der Waals surface area (Å²) in [6.45, 7) is 2.15. The number of pyridine rings is 1. The minimum absolute atomic E-state index is 0.111. The van der Waals surface area contributed by atoms with Gasteiger partial charge in [-0.2, -0.15) is 0 Å². The van der Waals surface area contributed by atoms with E-state index < -0.39 is 0 Å². The lowest BCUT2D eigenvalue weighted by atomic mass is 10.1. The molecule has 8 heteroatoms. The van der Waals surface area contributed by atoms with Crippen molar-refractivity contribution in [1.82, 2.24) is 9.88 Å². The molecule has 25 heavy (non-hydrogen) atoms. The topological polar surface area (TPSA) is 71.5 Å². The maximum Gasteiger partial charge on any atom is 0.257 e. The molecule has 3 rings (SSSR count). The summed E-state index contributed by atoms with van der Waals surface area (Å²) >= 11 is 9.44. The van der Waals surface area contributed by atoms with Gasteiger partial charge in [0.15, 0.2) is 0 Å². The molecule has 0 saturated carbocycles. The van der Waals surface area contributed by atoms with E-state index in [9.17, 15) is 9.59 Å². The van der Waals surface area contributed by atoms with Crippen molar-refractivity contribution in [1.29, 1.82) is 0 Å². The number of rotatable bonds is 3. The minimum atomic E-state index is -0.355. The van der Waals surface area contributed by atoms with Crippen molar-refractivity contribution in [3.63, 3.8) is 0 Å². The maximum atomic E-state index is 12.6. The summed E-state index contributed by atoms with van der Waals surface area (Å²) in [7, 11) is 0. The van der Waals surface area contributed by atoms with Gasteiger partial charge < -0.3 is 15.0 Å². The van der Waals surface area contributed by atoms with Crippen LogP contribution in [0.25, 0.3) is 0 Å². The third-order valence-electron chi connectivity index (χ3n) is 3.73. The highest BCUT2D eigenvalue weighted by Gasteiger charge is 2.20. The lowest BCUT2D eigenvalue weighted by Gasteiger charge is -2.27. The SMILES string of the molecule is O=C(Nc1cc(C(=O)N2CCOCC2)ccc1Cl)c1cncc(Br)c1. The third kappa shape index (κ3) is 4.36. The standard InChI is InChI=1S/C17H15BrClN3O3/c18-13-7-12(9-20-10-13)16(23)21-15-8-11(1-2-14(15)19)17(24)22-3-5-25-6-4-22/h1-2,7-10H,3-6H2,(H,21,23). The van der Waals surface area contributed by atoms with E-state index in [-0.39, 0.29) is 11.8 Å². The van der Waals surface area contributed by atoms with Crippen LogP contribution in [0.3, 0.4) is 0 Å². The lowest BCUT2D eigenvalue weighted by molar-refractivity contribution is 0.0303. The second-order valence-electron chi connectivity index (χ2n) is 5.45. The van der Waals surface area contributed by atoms with Crippen molar-refractivity contribution in [2.75, 3.05) is 31.6 Å². The number of hydrogen-bond donors (Lipinski definition) is 1. The molecule has 0 unspecified atom stereocenters. The fourth-order valence-corrected chi connectivity index (χ4v) is 2.96. The predicted octanol–water partition coefficient (Wildman–Crippen LogP) is 3.22. The third-order valence-corrected chi connectivity index (χ3v) is 4.49. The zero-order valence-corrected chi connectivity index (χ0v) is 15.5. The van der Waals surface area contributed by atoms with Crippen molar-refractivity contribution < 1.29 is 14.3 Å². The van der Waals surface area contributed by atoms with E-state index in [0.717, 1.165) is 0 Å². The first-order valence-electron chi connectivity index (χ1n) is 7.63. The zero-order chi connectivity index (χ0) is 17.8. The van der Waals surface area contributed by atoms with Crippen LogP contribution >= 0.6 is 27.5 Å². The summed E-state index contributed by atoms with van der Waals surface area (Å²) in [5, 5.41) is 3.08. The molecule has 6 nitrogen and oxygen atoms in total. The molecule has 0 atom stereocenters. The Kier molecular flexibility index (Phi) is 5.67. The van der Waals surface area contributed by atoms with E-state index in [1.54, 1.807) is 35.4 Å². The van der Waals surface area contributed by atoms with Crippen LogP contribution in [0.4, 0.5) is 5.69 Å². The Bertz CT molecular complexity index is 809. The van der Waals surface area contributed by atoms with E-state index >= 15 is 0 Å². The highest BCUT2D eigenvalue weighted by Crippen LogP contribution is 2.25. The molecule has 1 N–H and O–H groups in total. The molecular formula is C17H15BrClN3O3. The molecule has 2 heterocycles. The first-order valence-corrected chi connectivity index (χ1v) is 8.80. The maximum absolute atomic E-state index is 12.6. The Morgan fingerprint density at radius 3 is 2.64 bits per heavy atom. The summed E-state index contributed by atoms with van der Waals surface area (Å²) in [5.41, 5.74) is 1.23. The number of aromatic nitrogens is 1. The molecule has 0 aliphatic carbocycles. The molecule has 1 aromatic heterocycles. The van der Waals surface area contributed by atoms with Gasteiger partial charge in [-0.25, -0.2) is 0 Å². The summed E-state index contributed by atoms with van der Waals surface area (Å²) in [4.78, 5) is 30.6. The van der Waals surface area contributed by atoms with Crippen LogP contribution < -0.4 is 5.32 Å². The largest absolute Gasteiger partial charge is 0.378 e. The number of morpholine rings is 1. The second-order valence-corrected chi connectivity index (χ2v) is 6.77. The average Bonchev–Trinajstić information content (AvgIpc) is 2.63. The molecule has 1 aliphatic heterocycles. The fourth-order valence-electron chi connectivity index (χ4n) is 2.43. The summed E-state index contributed by atoms with van der Waals surface area (Å²) in [5.74, 6) is -0.466. The number of halogens is 2. The van der Waals surface area contributed by atoms with E-state index in [2.05, 4.69) is 26.2 Å². The highest BCUT2D eigenvalue weighted by molar-refractivity contribution is 9.10. The van der Waals surface area contributed by atoms with Gasteiger partial charge in [0, 0.05) is 35.5 Å². The molecule has 0 radical (unpaired) electrons. The number of benzene rings is 1. The van der Waals surface area contributed by atoms with Crippen molar-refractivity contribution in [2.45, 2.75) is 0 Å². The zero-order valence-electron chi connectivity index (χ0n) is 13.2. The molecule has 1 aromatic carbocycles. The first-order chi connectivity index (χ1) is 12.0. The number of carbonyl (C=O) groups is 2. The highest BCUT2D eigenvalue weighted by atomic mass is 79.9. The summed E-state index contributed by atoms with van der Waals surface area (Å²) in [6, 6.07) is 6.49. The Morgan fingerprint density at radius 2 is 1.92 bits per heavy atom. The van der Waals surface area contributed by atoms with Crippen molar-refractivity contribution in [3.8, 4) is 0 Å². The number of anilines is 1. The number of carbonyl (C=O) groups excluding carboxylic acids is 2. The van der Waals surface area contributed by atoms with Gasteiger partial charge in [0.25, 0.3) is 11.8 Å². The van der Waals surface area contributed by atoms with Gasteiger partial charge in [-0.1, -0.05) is 11.6 Å². The van der Waals surface area contributed by atoms with Crippen LogP contribution in [0.15, 0.2) is 41.1 Å². The Balaban J connectivity index is 1.79. The van der Waals surface area contributed by atoms with E-state index in [0.29, 0.717) is 52.6 Å². The molecule has 130 valence electrons. The molecule has 1 saturated heterocycles. The van der Waals surface area contributed by atoms with Crippen LogP contribution in [-0.2, 0) is 4.74 Å². The smallest absolute Gasteiger partial charge is 0.257 e. The van der Waals surface area contributed by atoms with Crippen LogP contribution in [0.2, 0.25) is 5.02 Å². The molecular weight excluding hydrogens is 410 g/mol. The normalized spacial score (nSPS) is 14.2. The Labute approximate surface area is 158 Å². The van der Waals surface area contributed by atoms with Crippen molar-refractivity contribution in [2.24, 2.45) is 0 Å². The van der Waals surface area contributed by atoms with Crippen LogP contribution in [-0.4, -0.2) is 48.0 Å². The number of amides is 2. The first kappa shape index (κ1) is 17.8. The Morgan fingerprint density at radius 1 is 1.16 bits per heavy atom. The minimum Gasteiger partial charge on any atom is -0.378 e. The van der Waals surface area contributed by atoms with Gasteiger partial charge in [-0.05, 0) is 40.2 Å². The van der Waals surface area contributed by atoms with E-state index in [4.69, 9.17) is 16.3 Å². The molecule has 1 aliphatic rings. The van der Waals surface area contributed by atoms with Gasteiger partial charge in [-0.3, -0.25) is 14.6 Å². The molecule has 0 bridgehead atoms. The van der Waals surface area contributed by atoms with Gasteiger partial charge in [0.1, 0.15) is 0 Å². The van der Waals surface area contributed by atoms with Gasteiger partial charge in [0.05, 0.1) is 29.5 Å². The summed E-state index contributed by atoms with van der Waals surface area (Å²) in [6.07, 6.45) is 3.04. The fraction of sp³-hybridized carbons (Fsp3) is 0.235.